The van der Waals surface area contributed by atoms with Gasteiger partial charge in [-0.15, -0.1) is 0 Å². The molecule has 0 amide bonds. The Balaban J connectivity index is 1.52. The topological polar surface area (TPSA) is 83.7 Å². The lowest BCUT2D eigenvalue weighted by molar-refractivity contribution is 0.246. The molecule has 3 aliphatic rings. The van der Waals surface area contributed by atoms with Crippen LogP contribution in [-0.2, 0) is 0 Å². The summed E-state index contributed by atoms with van der Waals surface area (Å²) in [6, 6.07) is 6.60. The third-order valence-electron chi connectivity index (χ3n) is 7.81. The van der Waals surface area contributed by atoms with E-state index < -0.39 is 5.82 Å². The number of hydrogen-bond acceptors (Lipinski definition) is 7. The fourth-order valence-electron chi connectivity index (χ4n) is 5.62. The zero-order valence-electron chi connectivity index (χ0n) is 21.7. The number of nitrogens with one attached hydrogen (secondary N) is 1. The molecule has 8 nitrogen and oxygen atoms in total. The number of benzene rings is 1. The molecular formula is C28H33FN8. The molecule has 3 aliphatic heterocycles. The molecule has 2 saturated heterocycles. The van der Waals surface area contributed by atoms with Gasteiger partial charge in [-0.25, -0.2) is 14.4 Å². The molecule has 0 aliphatic carbocycles. The quantitative estimate of drug-likeness (QED) is 0.497. The summed E-state index contributed by atoms with van der Waals surface area (Å²) in [7, 11) is 5.73. The molecule has 2 aromatic rings. The summed E-state index contributed by atoms with van der Waals surface area (Å²) in [6.07, 6.45) is 11.2. The Bertz CT molecular complexity index is 1290. The Labute approximate surface area is 217 Å². The molecule has 1 aromatic heterocycles. The van der Waals surface area contributed by atoms with Gasteiger partial charge in [-0.2, -0.15) is 5.26 Å². The van der Waals surface area contributed by atoms with Crippen LogP contribution in [0.25, 0.3) is 16.8 Å². The fourth-order valence-corrected chi connectivity index (χ4v) is 5.62. The Morgan fingerprint density at radius 3 is 2.70 bits per heavy atom. The summed E-state index contributed by atoms with van der Waals surface area (Å²) in [5, 5.41) is 12.7. The number of rotatable bonds is 5. The Hall–Kier alpha value is -3.77. The highest BCUT2D eigenvalue weighted by Crippen LogP contribution is 2.38. The predicted molar refractivity (Wildman–Crippen MR) is 144 cm³/mol. The zero-order valence-corrected chi connectivity index (χ0v) is 21.7. The van der Waals surface area contributed by atoms with Crippen LogP contribution < -0.4 is 10.2 Å². The summed E-state index contributed by atoms with van der Waals surface area (Å²) in [6.45, 7) is 4.64. The van der Waals surface area contributed by atoms with Crippen molar-refractivity contribution in [3.8, 4) is 17.3 Å². The van der Waals surface area contributed by atoms with Gasteiger partial charge in [0.05, 0.1) is 17.6 Å². The lowest BCUT2D eigenvalue weighted by Gasteiger charge is -2.39. The van der Waals surface area contributed by atoms with Gasteiger partial charge in [0.2, 0.25) is 5.95 Å². The molecule has 0 unspecified atom stereocenters. The van der Waals surface area contributed by atoms with Crippen LogP contribution >= 0.6 is 0 Å². The van der Waals surface area contributed by atoms with E-state index in [4.69, 9.17) is 9.97 Å². The lowest BCUT2D eigenvalue weighted by atomic mass is 9.78. The first-order valence-corrected chi connectivity index (χ1v) is 12.7. The highest BCUT2D eigenvalue weighted by molar-refractivity contribution is 5.81. The number of likely N-dealkylation sites (N-methyl/N-ethyl adjacent to an activating group) is 1. The second-order valence-corrected chi connectivity index (χ2v) is 10.2. The van der Waals surface area contributed by atoms with Gasteiger partial charge < -0.3 is 20.0 Å². The van der Waals surface area contributed by atoms with Crippen molar-refractivity contribution in [3.63, 3.8) is 0 Å². The number of anilines is 1. The summed E-state index contributed by atoms with van der Waals surface area (Å²) < 4.78 is 14.7. The van der Waals surface area contributed by atoms with Crippen LogP contribution in [0.3, 0.4) is 0 Å². The lowest BCUT2D eigenvalue weighted by Crippen LogP contribution is -2.42. The van der Waals surface area contributed by atoms with E-state index in [-0.39, 0.29) is 5.56 Å². The van der Waals surface area contributed by atoms with Crippen molar-refractivity contribution in [1.82, 2.24) is 25.1 Å². The highest BCUT2D eigenvalue weighted by atomic mass is 19.1. The van der Waals surface area contributed by atoms with Crippen molar-refractivity contribution in [2.24, 2.45) is 10.4 Å². The monoisotopic (exact) mass is 500 g/mol. The minimum Gasteiger partial charge on any atom is -0.357 e. The smallest absolute Gasteiger partial charge is 0.225 e. The maximum absolute atomic E-state index is 14.7. The van der Waals surface area contributed by atoms with Crippen LogP contribution in [0.4, 0.5) is 10.3 Å². The summed E-state index contributed by atoms with van der Waals surface area (Å²) in [5.74, 6) is 1.14. The molecule has 37 heavy (non-hydrogen) atoms. The largest absolute Gasteiger partial charge is 0.357 e. The highest BCUT2D eigenvalue weighted by Gasteiger charge is 2.37. The third-order valence-corrected chi connectivity index (χ3v) is 7.81. The molecular weight excluding hydrogens is 467 g/mol. The molecule has 2 fully saturated rings. The van der Waals surface area contributed by atoms with Crippen LogP contribution in [0.5, 0.6) is 0 Å². The standard InChI is InChI=1S/C28H33FN8/c1-31-19-36(3)25-7-6-22(17-35(25)2)23-16-33-27(37-12-9-28(10-13-37)8-11-32-18-28)34-26(23)20-4-5-21(15-30)24(29)14-20/h4-7,14,16,19,32H,8-13,17-18H2,1-3H3. The van der Waals surface area contributed by atoms with Crippen LogP contribution in [0, 0.1) is 22.6 Å². The van der Waals surface area contributed by atoms with Gasteiger partial charge in [-0.05, 0) is 55.0 Å². The van der Waals surface area contributed by atoms with E-state index in [0.29, 0.717) is 29.2 Å². The Morgan fingerprint density at radius 2 is 2.05 bits per heavy atom. The number of aliphatic imine (C=N–C) groups is 1. The van der Waals surface area contributed by atoms with Crippen molar-refractivity contribution < 1.29 is 4.39 Å². The zero-order chi connectivity index (χ0) is 26.0. The molecule has 0 saturated carbocycles. The summed E-state index contributed by atoms with van der Waals surface area (Å²) in [4.78, 5) is 20.2. The first-order valence-electron chi connectivity index (χ1n) is 12.7. The van der Waals surface area contributed by atoms with E-state index in [1.54, 1.807) is 19.5 Å². The van der Waals surface area contributed by atoms with Gasteiger partial charge in [0.15, 0.2) is 0 Å². The molecule has 1 aromatic carbocycles. The van der Waals surface area contributed by atoms with Gasteiger partial charge in [-0.3, -0.25) is 4.99 Å². The molecule has 4 heterocycles. The van der Waals surface area contributed by atoms with Crippen LogP contribution in [-0.4, -0.2) is 80.0 Å². The van der Waals surface area contributed by atoms with E-state index in [1.165, 1.54) is 18.6 Å². The second-order valence-electron chi connectivity index (χ2n) is 10.2. The fraction of sp³-hybridized carbons (Fsp3) is 0.429. The van der Waals surface area contributed by atoms with Gasteiger partial charge in [-0.1, -0.05) is 12.1 Å². The number of allylic oxidation sites excluding steroid dienone is 2. The number of piperidine rings is 1. The van der Waals surface area contributed by atoms with Gasteiger partial charge in [0.25, 0.3) is 0 Å². The normalized spacial score (nSPS) is 19.2. The molecule has 1 N–H and O–H groups in total. The molecule has 0 atom stereocenters. The number of halogens is 1. The molecule has 0 radical (unpaired) electrons. The van der Waals surface area contributed by atoms with E-state index in [1.807, 2.05) is 37.3 Å². The van der Waals surface area contributed by atoms with Crippen LogP contribution in [0.15, 0.2) is 47.4 Å². The average Bonchev–Trinajstić information content (AvgIpc) is 3.36. The maximum atomic E-state index is 14.7. The number of aromatic nitrogens is 2. The molecule has 9 heteroatoms. The van der Waals surface area contributed by atoms with E-state index in [9.17, 15) is 9.65 Å². The first-order chi connectivity index (χ1) is 17.9. The molecule has 1 spiro atoms. The Kier molecular flexibility index (Phi) is 6.94. The van der Waals surface area contributed by atoms with Crippen molar-refractivity contribution in [2.45, 2.75) is 19.3 Å². The predicted octanol–water partition coefficient (Wildman–Crippen LogP) is 3.49. The Morgan fingerprint density at radius 1 is 1.24 bits per heavy atom. The summed E-state index contributed by atoms with van der Waals surface area (Å²) in [5.41, 5.74) is 3.63. The molecule has 192 valence electrons. The SMILES string of the molecule is CN=CN(C)C1=CC=C(c2cnc(N3CCC4(CCNC4)CC3)nc2-c2ccc(C#N)c(F)c2)CN1C. The third kappa shape index (κ3) is 4.94. The maximum Gasteiger partial charge on any atom is 0.225 e. The van der Waals surface area contributed by atoms with E-state index in [0.717, 1.165) is 56.0 Å². The molecule has 5 rings (SSSR count). The van der Waals surface area contributed by atoms with Gasteiger partial charge in [0, 0.05) is 64.6 Å². The van der Waals surface area contributed by atoms with Crippen molar-refractivity contribution >= 4 is 17.9 Å². The van der Waals surface area contributed by atoms with Crippen LogP contribution in [0.1, 0.15) is 30.4 Å². The van der Waals surface area contributed by atoms with E-state index >= 15 is 0 Å². The number of hydrogen-bond donors (Lipinski definition) is 1. The van der Waals surface area contributed by atoms with Crippen molar-refractivity contribution in [2.75, 3.05) is 58.8 Å². The molecule has 0 bridgehead atoms. The summed E-state index contributed by atoms with van der Waals surface area (Å²) >= 11 is 0. The van der Waals surface area contributed by atoms with Crippen molar-refractivity contribution in [3.05, 3.63) is 59.3 Å². The van der Waals surface area contributed by atoms with Crippen molar-refractivity contribution in [1.29, 1.82) is 5.26 Å². The minimum atomic E-state index is -0.544. The second kappa shape index (κ2) is 10.3. The number of nitrogens with zero attached hydrogens (tertiary/aromatic N) is 7. The van der Waals surface area contributed by atoms with Gasteiger partial charge >= 0.3 is 0 Å². The van der Waals surface area contributed by atoms with Crippen LogP contribution in [0.2, 0.25) is 0 Å². The first kappa shape index (κ1) is 24.9. The van der Waals surface area contributed by atoms with E-state index in [2.05, 4.69) is 26.2 Å². The van der Waals surface area contributed by atoms with Gasteiger partial charge in [0.1, 0.15) is 17.7 Å². The number of nitriles is 1. The average molecular weight is 501 g/mol. The minimum absolute atomic E-state index is 0.0240.